The van der Waals surface area contributed by atoms with Gasteiger partial charge < -0.3 is 14.6 Å². The summed E-state index contributed by atoms with van der Waals surface area (Å²) in [7, 11) is 0. The normalized spacial score (nSPS) is 18.1. The van der Waals surface area contributed by atoms with Crippen LogP contribution < -0.4 is 5.32 Å². The molecule has 0 spiro atoms. The van der Waals surface area contributed by atoms with Gasteiger partial charge >= 0.3 is 0 Å². The molecule has 4 nitrogen and oxygen atoms in total. The van der Waals surface area contributed by atoms with E-state index < -0.39 is 0 Å². The molecular weight excluding hydrogens is 250 g/mol. The van der Waals surface area contributed by atoms with E-state index in [9.17, 15) is 0 Å². The molecule has 4 heteroatoms. The van der Waals surface area contributed by atoms with Crippen molar-refractivity contribution in [2.24, 2.45) is 0 Å². The first-order chi connectivity index (χ1) is 9.58. The largest absolute Gasteiger partial charge is 0.465 e. The summed E-state index contributed by atoms with van der Waals surface area (Å²) in [6, 6.07) is 2.73. The summed E-state index contributed by atoms with van der Waals surface area (Å²) in [6.45, 7) is 16.3. The molecule has 0 aliphatic carbocycles. The van der Waals surface area contributed by atoms with Crippen LogP contribution in [0.15, 0.2) is 10.5 Å². The molecule has 0 unspecified atom stereocenters. The molecule has 2 rings (SSSR count). The van der Waals surface area contributed by atoms with E-state index >= 15 is 0 Å². The van der Waals surface area contributed by atoms with Crippen LogP contribution in [-0.2, 0) is 13.1 Å². The molecule has 0 bridgehead atoms. The average molecular weight is 279 g/mol. The Kier molecular flexibility index (Phi) is 5.64. The van der Waals surface area contributed by atoms with Crippen molar-refractivity contribution in [1.29, 1.82) is 0 Å². The molecule has 1 aliphatic rings. The minimum Gasteiger partial charge on any atom is -0.465 e. The third kappa shape index (κ3) is 4.33. The van der Waals surface area contributed by atoms with Crippen molar-refractivity contribution < 1.29 is 4.42 Å². The average Bonchev–Trinajstić information content (AvgIpc) is 2.77. The van der Waals surface area contributed by atoms with Gasteiger partial charge in [0.25, 0.3) is 0 Å². The minimum atomic E-state index is 0.509. The number of aryl methyl sites for hydroxylation is 1. The molecule has 1 saturated heterocycles. The van der Waals surface area contributed by atoms with E-state index in [1.807, 2.05) is 0 Å². The van der Waals surface area contributed by atoms with Crippen molar-refractivity contribution >= 4 is 0 Å². The van der Waals surface area contributed by atoms with Gasteiger partial charge in [0.05, 0.1) is 6.54 Å². The van der Waals surface area contributed by atoms with E-state index in [-0.39, 0.29) is 0 Å². The van der Waals surface area contributed by atoms with E-state index in [0.29, 0.717) is 6.04 Å². The third-order valence-electron chi connectivity index (χ3n) is 4.06. The summed E-state index contributed by atoms with van der Waals surface area (Å²) in [5, 5.41) is 3.45. The van der Waals surface area contributed by atoms with Crippen LogP contribution in [0.25, 0.3) is 0 Å². The maximum Gasteiger partial charge on any atom is 0.118 e. The number of nitrogens with one attached hydrogen (secondary N) is 1. The monoisotopic (exact) mass is 279 g/mol. The number of rotatable bonds is 6. The van der Waals surface area contributed by atoms with Crippen LogP contribution in [0.3, 0.4) is 0 Å². The third-order valence-corrected chi connectivity index (χ3v) is 4.06. The van der Waals surface area contributed by atoms with Gasteiger partial charge in [0.15, 0.2) is 0 Å². The Hall–Kier alpha value is -0.840. The Morgan fingerprint density at radius 1 is 1.20 bits per heavy atom. The summed E-state index contributed by atoms with van der Waals surface area (Å²) in [4.78, 5) is 4.99. The van der Waals surface area contributed by atoms with Crippen LogP contribution in [0, 0.1) is 6.92 Å². The van der Waals surface area contributed by atoms with Crippen LogP contribution in [0.1, 0.15) is 37.9 Å². The van der Waals surface area contributed by atoms with Crippen molar-refractivity contribution in [2.45, 2.75) is 46.8 Å². The quantitative estimate of drug-likeness (QED) is 0.865. The van der Waals surface area contributed by atoms with E-state index in [1.165, 1.54) is 25.2 Å². The highest BCUT2D eigenvalue weighted by Crippen LogP contribution is 2.17. The Morgan fingerprint density at radius 3 is 2.45 bits per heavy atom. The van der Waals surface area contributed by atoms with Crippen molar-refractivity contribution in [3.8, 4) is 0 Å². The molecule has 1 aromatic rings. The fourth-order valence-corrected chi connectivity index (χ4v) is 2.64. The molecule has 0 aromatic carbocycles. The summed E-state index contributed by atoms with van der Waals surface area (Å²) in [5.74, 6) is 2.16. The minimum absolute atomic E-state index is 0.509. The van der Waals surface area contributed by atoms with Gasteiger partial charge in [-0.1, -0.05) is 20.8 Å². The molecule has 1 fully saturated rings. The van der Waals surface area contributed by atoms with Crippen LogP contribution in [0.2, 0.25) is 0 Å². The smallest absolute Gasteiger partial charge is 0.118 e. The van der Waals surface area contributed by atoms with Crippen LogP contribution >= 0.6 is 0 Å². The second-order valence-corrected chi connectivity index (χ2v) is 6.04. The molecule has 1 aromatic heterocycles. The first-order valence-corrected chi connectivity index (χ1v) is 7.84. The van der Waals surface area contributed by atoms with Gasteiger partial charge in [-0.15, -0.1) is 0 Å². The Balaban J connectivity index is 1.86. The zero-order valence-corrected chi connectivity index (χ0v) is 13.4. The molecule has 0 atom stereocenters. The Bertz CT molecular complexity index is 406. The van der Waals surface area contributed by atoms with Gasteiger partial charge in [-0.25, -0.2) is 0 Å². The maximum atomic E-state index is 5.91. The molecule has 0 radical (unpaired) electrons. The highest BCUT2D eigenvalue weighted by atomic mass is 16.3. The Morgan fingerprint density at radius 2 is 1.85 bits per heavy atom. The molecule has 0 saturated carbocycles. The van der Waals surface area contributed by atoms with Crippen LogP contribution in [0.4, 0.5) is 0 Å². The number of hydrogen-bond acceptors (Lipinski definition) is 4. The molecule has 1 N–H and O–H groups in total. The lowest BCUT2D eigenvalue weighted by Gasteiger charge is -2.33. The summed E-state index contributed by atoms with van der Waals surface area (Å²) < 4.78 is 5.91. The van der Waals surface area contributed by atoms with Gasteiger partial charge in [0.1, 0.15) is 11.5 Å². The van der Waals surface area contributed by atoms with E-state index in [4.69, 9.17) is 4.42 Å². The van der Waals surface area contributed by atoms with Crippen molar-refractivity contribution in [1.82, 2.24) is 15.1 Å². The SMILES string of the molecule is CCN1CCN(Cc2cc(CNC(C)C)c(C)o2)CC1. The van der Waals surface area contributed by atoms with Crippen LogP contribution in [-0.4, -0.2) is 48.6 Å². The Labute approximate surface area is 123 Å². The highest BCUT2D eigenvalue weighted by Gasteiger charge is 2.17. The summed E-state index contributed by atoms with van der Waals surface area (Å²) in [5.41, 5.74) is 1.29. The summed E-state index contributed by atoms with van der Waals surface area (Å²) in [6.07, 6.45) is 0. The van der Waals surface area contributed by atoms with Gasteiger partial charge in [-0.2, -0.15) is 0 Å². The van der Waals surface area contributed by atoms with Crippen molar-refractivity contribution in [3.05, 3.63) is 23.2 Å². The van der Waals surface area contributed by atoms with E-state index in [0.717, 1.165) is 37.7 Å². The zero-order chi connectivity index (χ0) is 14.5. The zero-order valence-electron chi connectivity index (χ0n) is 13.4. The van der Waals surface area contributed by atoms with Crippen LogP contribution in [0.5, 0.6) is 0 Å². The number of likely N-dealkylation sites (N-methyl/N-ethyl adjacent to an activating group) is 1. The number of nitrogens with zero attached hydrogens (tertiary/aromatic N) is 2. The lowest BCUT2D eigenvalue weighted by atomic mass is 10.2. The molecule has 0 amide bonds. The fourth-order valence-electron chi connectivity index (χ4n) is 2.64. The topological polar surface area (TPSA) is 31.6 Å². The fraction of sp³-hybridized carbons (Fsp3) is 0.750. The number of hydrogen-bond donors (Lipinski definition) is 1. The standard InChI is InChI=1S/C16H29N3O/c1-5-18-6-8-19(9-7-18)12-16-10-15(14(4)20-16)11-17-13(2)3/h10,13,17H,5-9,11-12H2,1-4H3. The first-order valence-electron chi connectivity index (χ1n) is 7.84. The molecule has 1 aliphatic heterocycles. The highest BCUT2D eigenvalue weighted by molar-refractivity contribution is 5.20. The van der Waals surface area contributed by atoms with Gasteiger partial charge in [-0.3, -0.25) is 4.90 Å². The van der Waals surface area contributed by atoms with Crippen molar-refractivity contribution in [3.63, 3.8) is 0 Å². The number of piperazine rings is 1. The second-order valence-electron chi connectivity index (χ2n) is 6.04. The molecule has 2 heterocycles. The lowest BCUT2D eigenvalue weighted by molar-refractivity contribution is 0.125. The predicted molar refractivity (Wildman–Crippen MR) is 82.8 cm³/mol. The lowest BCUT2D eigenvalue weighted by Crippen LogP contribution is -2.45. The van der Waals surface area contributed by atoms with Gasteiger partial charge in [0.2, 0.25) is 0 Å². The molecule has 20 heavy (non-hydrogen) atoms. The maximum absolute atomic E-state index is 5.91. The predicted octanol–water partition coefficient (Wildman–Crippen LogP) is 2.22. The van der Waals surface area contributed by atoms with E-state index in [1.54, 1.807) is 0 Å². The second kappa shape index (κ2) is 7.25. The number of furan rings is 1. The van der Waals surface area contributed by atoms with Gasteiger partial charge in [-0.05, 0) is 19.5 Å². The molecule has 114 valence electrons. The molecular formula is C16H29N3O. The summed E-state index contributed by atoms with van der Waals surface area (Å²) >= 11 is 0. The van der Waals surface area contributed by atoms with Gasteiger partial charge in [0, 0.05) is 44.3 Å². The van der Waals surface area contributed by atoms with E-state index in [2.05, 4.69) is 48.9 Å². The first kappa shape index (κ1) is 15.5. The van der Waals surface area contributed by atoms with Crippen molar-refractivity contribution in [2.75, 3.05) is 32.7 Å².